The number of nitrogens with zero attached hydrogens (tertiary/aromatic N) is 2. The molecular weight excluding hydrogens is 396 g/mol. The number of benzene rings is 1. The van der Waals surface area contributed by atoms with Gasteiger partial charge in [-0.15, -0.1) is 0 Å². The van der Waals surface area contributed by atoms with Crippen molar-refractivity contribution in [3.63, 3.8) is 0 Å². The van der Waals surface area contributed by atoms with E-state index in [9.17, 15) is 5.11 Å². The van der Waals surface area contributed by atoms with Crippen molar-refractivity contribution in [2.75, 3.05) is 46.5 Å². The summed E-state index contributed by atoms with van der Waals surface area (Å²) >= 11 is 8.52. The summed E-state index contributed by atoms with van der Waals surface area (Å²) in [5.41, 5.74) is 3.25. The summed E-state index contributed by atoms with van der Waals surface area (Å²) in [4.78, 5) is 2.31. The number of halogens is 1. The van der Waals surface area contributed by atoms with Gasteiger partial charge in [0.2, 0.25) is 0 Å². The number of methoxy groups -OCH3 is 1. The summed E-state index contributed by atoms with van der Waals surface area (Å²) in [7, 11) is 1.49. The van der Waals surface area contributed by atoms with E-state index in [-0.39, 0.29) is 5.75 Å². The number of hydrazone groups is 1. The summed E-state index contributed by atoms with van der Waals surface area (Å²) in [6.07, 6.45) is 1.48. The Morgan fingerprint density at radius 2 is 2.25 bits per heavy atom. The molecule has 1 heterocycles. The number of hydrogen-bond donors (Lipinski definition) is 3. The first-order chi connectivity index (χ1) is 11.6. The lowest BCUT2D eigenvalue weighted by Crippen LogP contribution is -2.42. The lowest BCUT2D eigenvalue weighted by atomic mass is 10.2. The van der Waals surface area contributed by atoms with E-state index >= 15 is 0 Å². The summed E-state index contributed by atoms with van der Waals surface area (Å²) in [5, 5.41) is 17.6. The summed E-state index contributed by atoms with van der Waals surface area (Å²) in [6, 6.07) is 3.41. The standard InChI is InChI=1S/C15H21BrN4O3S/c1-22-13-9-12(16)8-11(14(13)21)10-18-19-15(24)17-2-3-20-4-6-23-7-5-20/h8-10,21H,2-7H2,1H3,(H2,17,19,24)/b18-10+. The van der Waals surface area contributed by atoms with Crippen molar-refractivity contribution in [1.29, 1.82) is 0 Å². The summed E-state index contributed by atoms with van der Waals surface area (Å²) < 4.78 is 11.2. The highest BCUT2D eigenvalue weighted by atomic mass is 79.9. The highest BCUT2D eigenvalue weighted by Gasteiger charge is 2.10. The van der Waals surface area contributed by atoms with Crippen molar-refractivity contribution in [3.05, 3.63) is 22.2 Å². The Labute approximate surface area is 155 Å². The number of phenolic OH excluding ortho intramolecular Hbond substituents is 1. The molecule has 132 valence electrons. The molecular formula is C15H21BrN4O3S. The second-order valence-electron chi connectivity index (χ2n) is 5.13. The van der Waals surface area contributed by atoms with E-state index in [4.69, 9.17) is 21.7 Å². The maximum Gasteiger partial charge on any atom is 0.187 e. The first kappa shape index (κ1) is 18.9. The molecule has 7 nitrogen and oxygen atoms in total. The molecule has 1 aromatic rings. The van der Waals surface area contributed by atoms with Crippen LogP contribution in [0.25, 0.3) is 0 Å². The lowest BCUT2D eigenvalue weighted by Gasteiger charge is -2.26. The van der Waals surface area contributed by atoms with E-state index in [0.717, 1.165) is 43.9 Å². The monoisotopic (exact) mass is 416 g/mol. The third-order valence-electron chi connectivity index (χ3n) is 3.48. The molecule has 0 radical (unpaired) electrons. The van der Waals surface area contributed by atoms with Crippen molar-refractivity contribution in [1.82, 2.24) is 15.6 Å². The van der Waals surface area contributed by atoms with E-state index in [1.807, 2.05) is 0 Å². The second kappa shape index (κ2) is 9.77. The lowest BCUT2D eigenvalue weighted by molar-refractivity contribution is 0.0389. The van der Waals surface area contributed by atoms with Crippen LogP contribution in [0.15, 0.2) is 21.7 Å². The van der Waals surface area contributed by atoms with Crippen LogP contribution in [-0.4, -0.2) is 67.8 Å². The fourth-order valence-electron chi connectivity index (χ4n) is 2.20. The number of rotatable bonds is 6. The molecule has 1 aliphatic rings. The molecule has 3 N–H and O–H groups in total. The predicted molar refractivity (Wildman–Crippen MR) is 101 cm³/mol. The molecule has 1 aromatic carbocycles. The molecule has 0 aromatic heterocycles. The molecule has 1 fully saturated rings. The van der Waals surface area contributed by atoms with Gasteiger partial charge < -0.3 is 19.9 Å². The number of phenols is 1. The van der Waals surface area contributed by atoms with Gasteiger partial charge in [0.15, 0.2) is 16.6 Å². The molecule has 0 saturated carbocycles. The summed E-state index contributed by atoms with van der Waals surface area (Å²) in [6.45, 7) is 5.10. The molecule has 1 saturated heterocycles. The topological polar surface area (TPSA) is 78.4 Å². The van der Waals surface area contributed by atoms with Gasteiger partial charge in [0.05, 0.1) is 26.5 Å². The Bertz CT molecular complexity index is 594. The second-order valence-corrected chi connectivity index (χ2v) is 6.45. The van der Waals surface area contributed by atoms with Gasteiger partial charge in [0, 0.05) is 36.2 Å². The molecule has 0 bridgehead atoms. The van der Waals surface area contributed by atoms with Crippen LogP contribution in [0.4, 0.5) is 0 Å². The zero-order chi connectivity index (χ0) is 17.4. The van der Waals surface area contributed by atoms with Gasteiger partial charge in [0.1, 0.15) is 0 Å². The minimum atomic E-state index is 0.0254. The minimum absolute atomic E-state index is 0.0254. The van der Waals surface area contributed by atoms with E-state index in [0.29, 0.717) is 16.4 Å². The number of nitrogens with one attached hydrogen (secondary N) is 2. The van der Waals surface area contributed by atoms with Crippen LogP contribution >= 0.6 is 28.1 Å². The quantitative estimate of drug-likeness (QED) is 0.366. The number of hydrogen-bond acceptors (Lipinski definition) is 6. The zero-order valence-corrected chi connectivity index (χ0v) is 15.8. The molecule has 9 heteroatoms. The average molecular weight is 417 g/mol. The van der Waals surface area contributed by atoms with Crippen LogP contribution in [0.1, 0.15) is 5.56 Å². The highest BCUT2D eigenvalue weighted by molar-refractivity contribution is 9.10. The van der Waals surface area contributed by atoms with Crippen LogP contribution in [0, 0.1) is 0 Å². The van der Waals surface area contributed by atoms with E-state index < -0.39 is 0 Å². The van der Waals surface area contributed by atoms with Gasteiger partial charge in [-0.2, -0.15) is 5.10 Å². The largest absolute Gasteiger partial charge is 0.504 e. The van der Waals surface area contributed by atoms with Crippen molar-refractivity contribution >= 4 is 39.5 Å². The van der Waals surface area contributed by atoms with Gasteiger partial charge in [-0.05, 0) is 24.4 Å². The Morgan fingerprint density at radius 1 is 1.50 bits per heavy atom. The molecule has 0 spiro atoms. The number of ether oxygens (including phenoxy) is 2. The third-order valence-corrected chi connectivity index (χ3v) is 4.17. The Kier molecular flexibility index (Phi) is 7.70. The zero-order valence-electron chi connectivity index (χ0n) is 13.4. The molecule has 0 unspecified atom stereocenters. The summed E-state index contributed by atoms with van der Waals surface area (Å²) in [5.74, 6) is 0.398. The first-order valence-electron chi connectivity index (χ1n) is 7.53. The van der Waals surface area contributed by atoms with Gasteiger partial charge >= 0.3 is 0 Å². The number of thiocarbonyl (C=S) groups is 1. The van der Waals surface area contributed by atoms with Gasteiger partial charge in [-0.3, -0.25) is 10.3 Å². The van der Waals surface area contributed by atoms with E-state index in [2.05, 4.69) is 36.7 Å². The highest BCUT2D eigenvalue weighted by Crippen LogP contribution is 2.32. The number of aromatic hydroxyl groups is 1. The molecule has 1 aliphatic heterocycles. The Morgan fingerprint density at radius 3 is 2.96 bits per heavy atom. The minimum Gasteiger partial charge on any atom is -0.504 e. The maximum atomic E-state index is 10.0. The van der Waals surface area contributed by atoms with Crippen LogP contribution in [0.3, 0.4) is 0 Å². The fraction of sp³-hybridized carbons (Fsp3) is 0.467. The maximum absolute atomic E-state index is 10.0. The first-order valence-corrected chi connectivity index (χ1v) is 8.74. The van der Waals surface area contributed by atoms with E-state index in [1.165, 1.54) is 13.3 Å². The SMILES string of the molecule is COc1cc(Br)cc(/C=N/NC(=S)NCCN2CCOCC2)c1O. The van der Waals surface area contributed by atoms with Crippen molar-refractivity contribution in [2.45, 2.75) is 0 Å². The van der Waals surface area contributed by atoms with Crippen molar-refractivity contribution < 1.29 is 14.6 Å². The van der Waals surface area contributed by atoms with Crippen molar-refractivity contribution in [3.8, 4) is 11.5 Å². The smallest absolute Gasteiger partial charge is 0.187 e. The van der Waals surface area contributed by atoms with Gasteiger partial charge in [0.25, 0.3) is 0 Å². The van der Waals surface area contributed by atoms with Crippen LogP contribution < -0.4 is 15.5 Å². The normalized spacial score (nSPS) is 15.4. The molecule has 0 atom stereocenters. The fourth-order valence-corrected chi connectivity index (χ4v) is 2.81. The number of morpholine rings is 1. The molecule has 0 amide bonds. The van der Waals surface area contributed by atoms with Crippen molar-refractivity contribution in [2.24, 2.45) is 5.10 Å². The molecule has 24 heavy (non-hydrogen) atoms. The van der Waals surface area contributed by atoms with Gasteiger partial charge in [-0.25, -0.2) is 0 Å². The Balaban J connectivity index is 1.76. The Hall–Kier alpha value is -1.42. The van der Waals surface area contributed by atoms with Gasteiger partial charge in [-0.1, -0.05) is 15.9 Å². The van der Waals surface area contributed by atoms with Crippen LogP contribution in [-0.2, 0) is 4.74 Å². The molecule has 2 rings (SSSR count). The third kappa shape index (κ3) is 5.90. The average Bonchev–Trinajstić information content (AvgIpc) is 2.58. The van der Waals surface area contributed by atoms with Crippen LogP contribution in [0.2, 0.25) is 0 Å². The predicted octanol–water partition coefficient (Wildman–Crippen LogP) is 1.29. The molecule has 0 aliphatic carbocycles. The van der Waals surface area contributed by atoms with Crippen LogP contribution in [0.5, 0.6) is 11.5 Å². The van der Waals surface area contributed by atoms with E-state index in [1.54, 1.807) is 12.1 Å².